The van der Waals surface area contributed by atoms with Crippen LogP contribution in [-0.4, -0.2) is 27.0 Å². The minimum Gasteiger partial charge on any atom is -0.313 e. The van der Waals surface area contributed by atoms with E-state index in [-0.39, 0.29) is 23.0 Å². The van der Waals surface area contributed by atoms with Crippen LogP contribution < -0.4 is 5.32 Å². The highest BCUT2D eigenvalue weighted by Gasteiger charge is 2.33. The second-order valence-corrected chi connectivity index (χ2v) is 8.99. The Morgan fingerprint density at radius 3 is 2.67 bits per heavy atom. The van der Waals surface area contributed by atoms with Gasteiger partial charge in [-0.1, -0.05) is 28.4 Å². The summed E-state index contributed by atoms with van der Waals surface area (Å²) in [7, 11) is -1.13. The highest BCUT2D eigenvalue weighted by atomic mass is 79.9. The lowest BCUT2D eigenvalue weighted by Crippen LogP contribution is -2.34. The van der Waals surface area contributed by atoms with Crippen LogP contribution in [0.15, 0.2) is 22.7 Å². The van der Waals surface area contributed by atoms with E-state index in [4.69, 9.17) is 0 Å². The maximum atomic E-state index is 13.2. The first-order chi connectivity index (χ1) is 9.82. The van der Waals surface area contributed by atoms with Gasteiger partial charge in [0.25, 0.3) is 0 Å². The number of rotatable bonds is 4. The van der Waals surface area contributed by atoms with Crippen LogP contribution in [0.3, 0.4) is 0 Å². The van der Waals surface area contributed by atoms with Gasteiger partial charge >= 0.3 is 0 Å². The summed E-state index contributed by atoms with van der Waals surface area (Å²) in [5.41, 5.74) is 0.984. The normalized spacial score (nSPS) is 24.8. The fraction of sp³-hybridized carbons (Fsp3) is 0.600. The van der Waals surface area contributed by atoms with Crippen LogP contribution in [0, 0.1) is 11.7 Å². The van der Waals surface area contributed by atoms with Crippen molar-refractivity contribution < 1.29 is 12.8 Å². The van der Waals surface area contributed by atoms with Gasteiger partial charge in [-0.25, -0.2) is 12.8 Å². The third-order valence-corrected chi connectivity index (χ3v) is 6.68. The molecule has 118 valence electrons. The van der Waals surface area contributed by atoms with Gasteiger partial charge in [0.05, 0.1) is 5.25 Å². The molecule has 6 heteroatoms. The van der Waals surface area contributed by atoms with E-state index in [2.05, 4.69) is 21.2 Å². The van der Waals surface area contributed by atoms with Crippen LogP contribution in [0.1, 0.15) is 37.3 Å². The van der Waals surface area contributed by atoms with Crippen LogP contribution in [0.4, 0.5) is 4.39 Å². The minimum atomic E-state index is -3.00. The Labute approximate surface area is 134 Å². The van der Waals surface area contributed by atoms with Gasteiger partial charge in [0.1, 0.15) is 15.7 Å². The predicted octanol–water partition coefficient (Wildman–Crippen LogP) is 3.45. The molecule has 3 unspecified atom stereocenters. The lowest BCUT2D eigenvalue weighted by atomic mass is 9.81. The molecule has 0 spiro atoms. The molecule has 1 aliphatic carbocycles. The average Bonchev–Trinajstić information content (AvgIpc) is 2.41. The third kappa shape index (κ3) is 4.05. The zero-order valence-corrected chi connectivity index (χ0v) is 14.7. The van der Waals surface area contributed by atoms with Gasteiger partial charge < -0.3 is 5.32 Å². The predicted molar refractivity (Wildman–Crippen MR) is 86.5 cm³/mol. The maximum absolute atomic E-state index is 13.2. The average molecular weight is 378 g/mol. The molecule has 1 aromatic carbocycles. The third-order valence-electron chi connectivity index (χ3n) is 4.35. The van der Waals surface area contributed by atoms with Crippen molar-refractivity contribution in [3.63, 3.8) is 0 Å². The molecule has 1 aliphatic rings. The zero-order chi connectivity index (χ0) is 15.6. The molecule has 1 saturated carbocycles. The minimum absolute atomic E-state index is 0.0320. The molecule has 1 fully saturated rings. The molecule has 3 nitrogen and oxygen atoms in total. The van der Waals surface area contributed by atoms with E-state index >= 15 is 0 Å². The first kappa shape index (κ1) is 16.9. The Bertz CT molecular complexity index is 606. The van der Waals surface area contributed by atoms with Crippen molar-refractivity contribution in [1.82, 2.24) is 5.32 Å². The van der Waals surface area contributed by atoms with Crippen molar-refractivity contribution in [2.24, 2.45) is 5.92 Å². The Kier molecular flexibility index (Phi) is 5.43. The Morgan fingerprint density at radius 2 is 2.10 bits per heavy atom. The zero-order valence-electron chi connectivity index (χ0n) is 12.3. The van der Waals surface area contributed by atoms with E-state index in [0.717, 1.165) is 29.3 Å². The molecule has 0 bridgehead atoms. The number of hydrogen-bond acceptors (Lipinski definition) is 3. The van der Waals surface area contributed by atoms with Crippen LogP contribution in [0.5, 0.6) is 0 Å². The van der Waals surface area contributed by atoms with Gasteiger partial charge in [0, 0.05) is 16.8 Å². The summed E-state index contributed by atoms with van der Waals surface area (Å²) in [6.45, 7) is 0. The molecule has 21 heavy (non-hydrogen) atoms. The van der Waals surface area contributed by atoms with Gasteiger partial charge in [0.2, 0.25) is 0 Å². The van der Waals surface area contributed by atoms with Crippen molar-refractivity contribution in [1.29, 1.82) is 0 Å². The molecule has 1 aromatic rings. The molecular formula is C15H21BrFNO2S. The fourth-order valence-electron chi connectivity index (χ4n) is 3.27. The van der Waals surface area contributed by atoms with Gasteiger partial charge in [-0.3, -0.25) is 0 Å². The lowest BCUT2D eigenvalue weighted by molar-refractivity contribution is 0.282. The number of hydrogen-bond donors (Lipinski definition) is 1. The van der Waals surface area contributed by atoms with Crippen molar-refractivity contribution in [2.45, 2.75) is 37.0 Å². The SMILES string of the molecule is CNC(c1ccc(F)cc1Br)C1CCCC(S(C)(=O)=O)C1. The van der Waals surface area contributed by atoms with E-state index in [0.29, 0.717) is 6.42 Å². The van der Waals surface area contributed by atoms with Crippen LogP contribution in [-0.2, 0) is 9.84 Å². The topological polar surface area (TPSA) is 46.2 Å². The summed E-state index contributed by atoms with van der Waals surface area (Å²) in [6.07, 6.45) is 4.63. The fourth-order valence-corrected chi connectivity index (χ4v) is 5.06. The standard InChI is InChI=1S/C15H21BrFNO2S/c1-18-15(13-7-6-11(17)9-14(13)16)10-4-3-5-12(8-10)21(2,19)20/h6-7,9-10,12,15,18H,3-5,8H2,1-2H3. The second kappa shape index (κ2) is 6.75. The molecule has 0 radical (unpaired) electrons. The van der Waals surface area contributed by atoms with Gasteiger partial charge in [-0.15, -0.1) is 0 Å². The first-order valence-corrected chi connectivity index (χ1v) is 9.88. The van der Waals surface area contributed by atoms with Gasteiger partial charge in [-0.05, 0) is 49.9 Å². The molecular weight excluding hydrogens is 357 g/mol. The lowest BCUT2D eigenvalue weighted by Gasteiger charge is -2.34. The van der Waals surface area contributed by atoms with Gasteiger partial charge in [0.15, 0.2) is 0 Å². The molecule has 0 saturated heterocycles. The van der Waals surface area contributed by atoms with E-state index in [1.807, 2.05) is 7.05 Å². The van der Waals surface area contributed by atoms with E-state index in [1.54, 1.807) is 6.07 Å². The van der Waals surface area contributed by atoms with E-state index in [1.165, 1.54) is 18.4 Å². The van der Waals surface area contributed by atoms with E-state index in [9.17, 15) is 12.8 Å². The molecule has 1 N–H and O–H groups in total. The summed E-state index contributed by atoms with van der Waals surface area (Å²) in [5.74, 6) is -0.0385. The number of halogens is 2. The van der Waals surface area contributed by atoms with Gasteiger partial charge in [-0.2, -0.15) is 0 Å². The summed E-state index contributed by atoms with van der Waals surface area (Å²) in [6, 6.07) is 4.70. The number of sulfone groups is 1. The Morgan fingerprint density at radius 1 is 1.38 bits per heavy atom. The molecule has 0 aromatic heterocycles. The molecule has 0 aliphatic heterocycles. The van der Waals surface area contributed by atoms with Crippen molar-refractivity contribution in [3.05, 3.63) is 34.1 Å². The van der Waals surface area contributed by atoms with Crippen molar-refractivity contribution in [3.8, 4) is 0 Å². The highest BCUT2D eigenvalue weighted by molar-refractivity contribution is 9.10. The monoisotopic (exact) mass is 377 g/mol. The van der Waals surface area contributed by atoms with Crippen LogP contribution in [0.25, 0.3) is 0 Å². The summed E-state index contributed by atoms with van der Waals surface area (Å²) < 4.78 is 37.6. The Balaban J connectivity index is 2.24. The molecule has 2 rings (SSSR count). The molecule has 0 heterocycles. The maximum Gasteiger partial charge on any atom is 0.150 e. The van der Waals surface area contributed by atoms with E-state index < -0.39 is 9.84 Å². The summed E-state index contributed by atoms with van der Waals surface area (Å²) >= 11 is 3.41. The molecule has 3 atom stereocenters. The largest absolute Gasteiger partial charge is 0.313 e. The Hall–Kier alpha value is -0.460. The highest BCUT2D eigenvalue weighted by Crippen LogP contribution is 2.38. The summed E-state index contributed by atoms with van der Waals surface area (Å²) in [4.78, 5) is 0. The van der Waals surface area contributed by atoms with Crippen molar-refractivity contribution in [2.75, 3.05) is 13.3 Å². The smallest absolute Gasteiger partial charge is 0.150 e. The number of nitrogens with one attached hydrogen (secondary N) is 1. The molecule has 0 amide bonds. The van der Waals surface area contributed by atoms with Crippen LogP contribution in [0.2, 0.25) is 0 Å². The quantitative estimate of drug-likeness (QED) is 0.873. The summed E-state index contributed by atoms with van der Waals surface area (Å²) in [5, 5.41) is 3.02. The van der Waals surface area contributed by atoms with Crippen LogP contribution >= 0.6 is 15.9 Å². The van der Waals surface area contributed by atoms with Crippen molar-refractivity contribution >= 4 is 25.8 Å². The number of benzene rings is 1. The second-order valence-electron chi connectivity index (χ2n) is 5.81. The first-order valence-electron chi connectivity index (χ1n) is 7.14.